The van der Waals surface area contributed by atoms with E-state index < -0.39 is 22.7 Å². The molecule has 130 valence electrons. The van der Waals surface area contributed by atoms with Gasteiger partial charge in [-0.25, -0.2) is 8.42 Å². The Balaban J connectivity index is 2.11. The van der Waals surface area contributed by atoms with Crippen LogP contribution >= 0.6 is 0 Å². The number of sulfonamides is 1. The maximum atomic E-state index is 12.7. The highest BCUT2D eigenvalue weighted by atomic mass is 32.2. The number of piperazine rings is 1. The molecule has 1 saturated heterocycles. The number of hydrogen-bond donors (Lipinski definition) is 0. The lowest BCUT2D eigenvalue weighted by Gasteiger charge is -2.34. The van der Waals surface area contributed by atoms with E-state index in [4.69, 9.17) is 4.74 Å². The Kier molecular flexibility index (Phi) is 5.53. The van der Waals surface area contributed by atoms with Crippen molar-refractivity contribution in [1.82, 2.24) is 9.21 Å². The van der Waals surface area contributed by atoms with E-state index in [0.29, 0.717) is 6.61 Å². The van der Waals surface area contributed by atoms with Crippen LogP contribution in [-0.2, 0) is 10.0 Å². The van der Waals surface area contributed by atoms with Crippen LogP contribution in [0.15, 0.2) is 29.2 Å². The maximum absolute atomic E-state index is 12.7. The van der Waals surface area contributed by atoms with Crippen LogP contribution in [0.25, 0.3) is 0 Å². The molecule has 0 amide bonds. The van der Waals surface area contributed by atoms with Gasteiger partial charge in [0.1, 0.15) is 10.6 Å². The summed E-state index contributed by atoms with van der Waals surface area (Å²) >= 11 is 0. The molecule has 1 aromatic rings. The summed E-state index contributed by atoms with van der Waals surface area (Å²) in [6.45, 7) is 1.21. The molecule has 9 heteroatoms. The van der Waals surface area contributed by atoms with E-state index in [0.717, 1.165) is 0 Å². The molecule has 2 rings (SSSR count). The lowest BCUT2D eigenvalue weighted by molar-refractivity contribution is -0.148. The Morgan fingerprint density at radius 3 is 2.30 bits per heavy atom. The van der Waals surface area contributed by atoms with E-state index in [9.17, 15) is 21.6 Å². The first-order chi connectivity index (χ1) is 10.7. The highest BCUT2D eigenvalue weighted by molar-refractivity contribution is 7.89. The van der Waals surface area contributed by atoms with Crippen molar-refractivity contribution >= 4 is 10.0 Å². The minimum absolute atomic E-state index is 0.0267. The second-order valence-electron chi connectivity index (χ2n) is 5.18. The number of para-hydroxylation sites is 1. The Morgan fingerprint density at radius 1 is 1.13 bits per heavy atom. The largest absolute Gasteiger partial charge is 0.492 e. The molecular formula is C14H19F3N2O3S. The molecule has 1 aromatic carbocycles. The number of alkyl halides is 3. The summed E-state index contributed by atoms with van der Waals surface area (Å²) in [5, 5.41) is 0. The van der Waals surface area contributed by atoms with Gasteiger partial charge < -0.3 is 4.74 Å². The van der Waals surface area contributed by atoms with Gasteiger partial charge in [-0.05, 0) is 19.1 Å². The molecule has 0 N–H and O–H groups in total. The zero-order valence-electron chi connectivity index (χ0n) is 12.7. The van der Waals surface area contributed by atoms with E-state index in [1.54, 1.807) is 25.1 Å². The van der Waals surface area contributed by atoms with Crippen molar-refractivity contribution < 1.29 is 26.3 Å². The SMILES string of the molecule is CCOc1ccccc1S(=O)(=O)N1CCN(CC(F)(F)F)CC1. The quantitative estimate of drug-likeness (QED) is 0.813. The Bertz CT molecular complexity index is 626. The molecule has 0 spiro atoms. The highest BCUT2D eigenvalue weighted by Crippen LogP contribution is 2.27. The first-order valence-electron chi connectivity index (χ1n) is 7.25. The molecule has 0 aliphatic carbocycles. The monoisotopic (exact) mass is 352 g/mol. The van der Waals surface area contributed by atoms with Crippen molar-refractivity contribution in [1.29, 1.82) is 0 Å². The predicted molar refractivity (Wildman–Crippen MR) is 78.9 cm³/mol. The Morgan fingerprint density at radius 2 is 1.74 bits per heavy atom. The maximum Gasteiger partial charge on any atom is 0.401 e. The zero-order chi connectivity index (χ0) is 17.1. The summed E-state index contributed by atoms with van der Waals surface area (Å²) in [5.74, 6) is 0.257. The average molecular weight is 352 g/mol. The highest BCUT2D eigenvalue weighted by Gasteiger charge is 2.35. The summed E-state index contributed by atoms with van der Waals surface area (Å²) in [6, 6.07) is 6.28. The standard InChI is InChI=1S/C14H19F3N2O3S/c1-2-22-12-5-3-4-6-13(12)23(20,21)19-9-7-18(8-10-19)11-14(15,16)17/h3-6H,2,7-11H2,1H3. The molecule has 0 aromatic heterocycles. The van der Waals surface area contributed by atoms with Crippen molar-refractivity contribution in [3.63, 3.8) is 0 Å². The molecule has 0 unspecified atom stereocenters. The topological polar surface area (TPSA) is 49.9 Å². The number of halogens is 3. The lowest BCUT2D eigenvalue weighted by atomic mass is 10.3. The fourth-order valence-electron chi connectivity index (χ4n) is 2.46. The third-order valence-corrected chi connectivity index (χ3v) is 5.44. The molecule has 5 nitrogen and oxygen atoms in total. The van der Waals surface area contributed by atoms with E-state index in [1.807, 2.05) is 0 Å². The molecule has 0 saturated carbocycles. The lowest BCUT2D eigenvalue weighted by Crippen LogP contribution is -2.50. The van der Waals surface area contributed by atoms with Gasteiger partial charge >= 0.3 is 6.18 Å². The van der Waals surface area contributed by atoms with Gasteiger partial charge in [0.25, 0.3) is 0 Å². The van der Waals surface area contributed by atoms with Crippen LogP contribution in [0.4, 0.5) is 13.2 Å². The van der Waals surface area contributed by atoms with Crippen LogP contribution in [-0.4, -0.2) is 63.1 Å². The van der Waals surface area contributed by atoms with Crippen molar-refractivity contribution in [2.45, 2.75) is 18.0 Å². The first kappa shape index (κ1) is 18.0. The predicted octanol–water partition coefficient (Wildman–Crippen LogP) is 1.95. The second-order valence-corrected chi connectivity index (χ2v) is 7.08. The fraction of sp³-hybridized carbons (Fsp3) is 0.571. The molecular weight excluding hydrogens is 333 g/mol. The van der Waals surface area contributed by atoms with Crippen molar-refractivity contribution in [2.24, 2.45) is 0 Å². The van der Waals surface area contributed by atoms with Crippen LogP contribution in [0, 0.1) is 0 Å². The normalized spacial score (nSPS) is 18.1. The third kappa shape index (κ3) is 4.58. The smallest absolute Gasteiger partial charge is 0.401 e. The van der Waals surface area contributed by atoms with Gasteiger partial charge in [0.15, 0.2) is 0 Å². The summed E-state index contributed by atoms with van der Waals surface area (Å²) < 4.78 is 69.1. The molecule has 0 bridgehead atoms. The molecule has 23 heavy (non-hydrogen) atoms. The van der Waals surface area contributed by atoms with E-state index >= 15 is 0 Å². The number of nitrogens with zero attached hydrogens (tertiary/aromatic N) is 2. The van der Waals surface area contributed by atoms with Crippen molar-refractivity contribution in [3.8, 4) is 5.75 Å². The molecule has 1 aliphatic heterocycles. The van der Waals surface area contributed by atoms with E-state index in [2.05, 4.69) is 0 Å². The Labute approximate surface area is 133 Å². The molecule has 1 heterocycles. The van der Waals surface area contributed by atoms with E-state index in [-0.39, 0.29) is 36.8 Å². The summed E-state index contributed by atoms with van der Waals surface area (Å²) in [7, 11) is -3.78. The minimum atomic E-state index is -4.28. The zero-order valence-corrected chi connectivity index (χ0v) is 13.5. The minimum Gasteiger partial charge on any atom is -0.492 e. The molecule has 0 atom stereocenters. The fourth-order valence-corrected chi connectivity index (χ4v) is 4.01. The van der Waals surface area contributed by atoms with Crippen molar-refractivity contribution in [2.75, 3.05) is 39.3 Å². The number of rotatable bonds is 5. The molecule has 1 fully saturated rings. The molecule has 0 radical (unpaired) electrons. The number of ether oxygens (including phenoxy) is 1. The van der Waals surface area contributed by atoms with E-state index in [1.165, 1.54) is 15.3 Å². The summed E-state index contributed by atoms with van der Waals surface area (Å²) in [6.07, 6.45) is -4.28. The van der Waals surface area contributed by atoms with Crippen LogP contribution in [0.5, 0.6) is 5.75 Å². The number of benzene rings is 1. The van der Waals surface area contributed by atoms with Gasteiger partial charge in [-0.2, -0.15) is 17.5 Å². The van der Waals surface area contributed by atoms with Crippen LogP contribution in [0.1, 0.15) is 6.92 Å². The third-order valence-electron chi connectivity index (χ3n) is 3.50. The Hall–Kier alpha value is -1.32. The van der Waals surface area contributed by atoms with Gasteiger partial charge in [0.2, 0.25) is 10.0 Å². The number of hydrogen-bond acceptors (Lipinski definition) is 4. The van der Waals surface area contributed by atoms with Crippen LogP contribution in [0.2, 0.25) is 0 Å². The van der Waals surface area contributed by atoms with Crippen LogP contribution in [0.3, 0.4) is 0 Å². The van der Waals surface area contributed by atoms with Gasteiger partial charge in [-0.1, -0.05) is 12.1 Å². The summed E-state index contributed by atoms with van der Waals surface area (Å²) in [4.78, 5) is 1.26. The average Bonchev–Trinajstić information content (AvgIpc) is 2.47. The van der Waals surface area contributed by atoms with Gasteiger partial charge in [0.05, 0.1) is 13.2 Å². The second kappa shape index (κ2) is 7.06. The van der Waals surface area contributed by atoms with Crippen molar-refractivity contribution in [3.05, 3.63) is 24.3 Å². The molecule has 1 aliphatic rings. The van der Waals surface area contributed by atoms with Gasteiger partial charge in [-0.3, -0.25) is 4.90 Å². The van der Waals surface area contributed by atoms with Gasteiger partial charge in [0, 0.05) is 26.2 Å². The van der Waals surface area contributed by atoms with Crippen LogP contribution < -0.4 is 4.74 Å². The summed E-state index contributed by atoms with van der Waals surface area (Å²) in [5.41, 5.74) is 0. The first-order valence-corrected chi connectivity index (χ1v) is 8.69. The van der Waals surface area contributed by atoms with Gasteiger partial charge in [-0.15, -0.1) is 0 Å².